The van der Waals surface area contributed by atoms with Crippen molar-refractivity contribution in [3.63, 3.8) is 0 Å². The van der Waals surface area contributed by atoms with E-state index in [4.69, 9.17) is 4.74 Å². The number of fused-ring (bicyclic) bond motifs is 3. The first kappa shape index (κ1) is 17.9. The molecule has 0 fully saturated rings. The molecule has 0 spiro atoms. The summed E-state index contributed by atoms with van der Waals surface area (Å²) in [5, 5.41) is 3.62. The van der Waals surface area contributed by atoms with Gasteiger partial charge in [0.2, 0.25) is 0 Å². The molecular formula is C23H23N3O3. The quantitative estimate of drug-likeness (QED) is 0.745. The molecule has 0 saturated heterocycles. The van der Waals surface area contributed by atoms with Crippen molar-refractivity contribution in [3.8, 4) is 5.75 Å². The molecule has 1 atom stereocenters. The van der Waals surface area contributed by atoms with Gasteiger partial charge in [0.15, 0.2) is 6.61 Å². The highest BCUT2D eigenvalue weighted by Crippen LogP contribution is 2.29. The van der Waals surface area contributed by atoms with Crippen LogP contribution in [0, 0.1) is 0 Å². The third-order valence-corrected chi connectivity index (χ3v) is 5.86. The topological polar surface area (TPSA) is 73.2 Å². The number of hydrogen-bond donors (Lipinski definition) is 1. The molecule has 0 unspecified atom stereocenters. The minimum absolute atomic E-state index is 0.0313. The number of aromatic nitrogens is 2. The van der Waals surface area contributed by atoms with E-state index in [1.807, 2.05) is 12.1 Å². The molecule has 1 N–H and O–H groups in total. The van der Waals surface area contributed by atoms with Crippen LogP contribution in [0.15, 0.2) is 47.3 Å². The van der Waals surface area contributed by atoms with Crippen molar-refractivity contribution < 1.29 is 9.53 Å². The number of benzene rings is 2. The minimum atomic E-state index is -0.157. The fourth-order valence-corrected chi connectivity index (χ4v) is 4.44. The number of aryl methyl sites for hydroxylation is 2. The predicted molar refractivity (Wildman–Crippen MR) is 110 cm³/mol. The Bertz CT molecular complexity index is 1150. The zero-order valence-electron chi connectivity index (χ0n) is 16.2. The van der Waals surface area contributed by atoms with Crippen molar-refractivity contribution in [2.24, 2.45) is 0 Å². The SMILES string of the molecule is O=C(COc1ccc2nc3n(c(=O)c2c1)CCC3)N[C@@H]1CCCc2ccccc21. The second-order valence-corrected chi connectivity index (χ2v) is 7.77. The molecule has 0 radical (unpaired) electrons. The van der Waals surface area contributed by atoms with Crippen LogP contribution in [0.4, 0.5) is 0 Å². The highest BCUT2D eigenvalue weighted by Gasteiger charge is 2.21. The van der Waals surface area contributed by atoms with Gasteiger partial charge in [-0.05, 0) is 55.0 Å². The number of nitrogens with zero attached hydrogens (tertiary/aromatic N) is 2. The van der Waals surface area contributed by atoms with E-state index < -0.39 is 0 Å². The van der Waals surface area contributed by atoms with E-state index in [-0.39, 0.29) is 24.1 Å². The van der Waals surface area contributed by atoms with E-state index in [0.29, 0.717) is 23.2 Å². The predicted octanol–water partition coefficient (Wildman–Crippen LogP) is 2.92. The minimum Gasteiger partial charge on any atom is -0.484 e. The van der Waals surface area contributed by atoms with Gasteiger partial charge in [-0.25, -0.2) is 4.98 Å². The lowest BCUT2D eigenvalue weighted by Crippen LogP contribution is -2.34. The van der Waals surface area contributed by atoms with Gasteiger partial charge in [-0.1, -0.05) is 24.3 Å². The van der Waals surface area contributed by atoms with Crippen LogP contribution in [-0.4, -0.2) is 22.1 Å². The Hall–Kier alpha value is -3.15. The van der Waals surface area contributed by atoms with Gasteiger partial charge in [0, 0.05) is 13.0 Å². The van der Waals surface area contributed by atoms with E-state index in [1.165, 1.54) is 11.1 Å². The summed E-state index contributed by atoms with van der Waals surface area (Å²) in [6.07, 6.45) is 4.85. The van der Waals surface area contributed by atoms with Gasteiger partial charge in [-0.3, -0.25) is 14.2 Å². The van der Waals surface area contributed by atoms with Crippen molar-refractivity contribution in [2.45, 2.75) is 44.7 Å². The zero-order valence-corrected chi connectivity index (χ0v) is 16.2. The van der Waals surface area contributed by atoms with Gasteiger partial charge >= 0.3 is 0 Å². The van der Waals surface area contributed by atoms with Crippen LogP contribution in [0.2, 0.25) is 0 Å². The van der Waals surface area contributed by atoms with E-state index in [0.717, 1.165) is 37.9 Å². The summed E-state index contributed by atoms with van der Waals surface area (Å²) in [7, 11) is 0. The van der Waals surface area contributed by atoms with E-state index in [2.05, 4.69) is 22.4 Å². The maximum atomic E-state index is 12.7. The number of carbonyl (C=O) groups is 1. The van der Waals surface area contributed by atoms with Crippen molar-refractivity contribution in [1.29, 1.82) is 0 Å². The Morgan fingerprint density at radius 1 is 1.17 bits per heavy atom. The maximum Gasteiger partial charge on any atom is 0.261 e. The molecule has 1 aliphatic carbocycles. The van der Waals surface area contributed by atoms with E-state index in [9.17, 15) is 9.59 Å². The molecule has 1 aliphatic heterocycles. The summed E-state index contributed by atoms with van der Waals surface area (Å²) in [6, 6.07) is 13.6. The Morgan fingerprint density at radius 3 is 3.00 bits per heavy atom. The van der Waals surface area contributed by atoms with Crippen molar-refractivity contribution in [1.82, 2.24) is 14.9 Å². The van der Waals surface area contributed by atoms with Gasteiger partial charge in [-0.15, -0.1) is 0 Å². The first-order valence-electron chi connectivity index (χ1n) is 10.2. The number of hydrogen-bond acceptors (Lipinski definition) is 4. The third-order valence-electron chi connectivity index (χ3n) is 5.86. The van der Waals surface area contributed by atoms with Gasteiger partial charge in [0.05, 0.1) is 16.9 Å². The molecule has 5 rings (SSSR count). The molecule has 3 aromatic rings. The Labute approximate surface area is 168 Å². The highest BCUT2D eigenvalue weighted by molar-refractivity contribution is 5.80. The molecule has 6 nitrogen and oxygen atoms in total. The summed E-state index contributed by atoms with van der Waals surface area (Å²) >= 11 is 0. The second-order valence-electron chi connectivity index (χ2n) is 7.77. The molecule has 0 saturated carbocycles. The largest absolute Gasteiger partial charge is 0.484 e. The molecule has 2 aromatic carbocycles. The molecular weight excluding hydrogens is 366 g/mol. The van der Waals surface area contributed by atoms with E-state index in [1.54, 1.807) is 22.8 Å². The fourth-order valence-electron chi connectivity index (χ4n) is 4.44. The highest BCUT2D eigenvalue weighted by atomic mass is 16.5. The Morgan fingerprint density at radius 2 is 2.07 bits per heavy atom. The van der Waals surface area contributed by atoms with Crippen LogP contribution in [-0.2, 0) is 24.2 Å². The summed E-state index contributed by atoms with van der Waals surface area (Å²) in [6.45, 7) is 0.636. The van der Waals surface area contributed by atoms with Crippen LogP contribution in [0.1, 0.15) is 42.3 Å². The lowest BCUT2D eigenvalue weighted by Gasteiger charge is -2.26. The normalized spacial score (nSPS) is 17.6. The first-order chi connectivity index (χ1) is 14.2. The van der Waals surface area contributed by atoms with E-state index >= 15 is 0 Å². The molecule has 0 bridgehead atoms. The number of carbonyl (C=O) groups excluding carboxylic acids is 1. The first-order valence-corrected chi connectivity index (χ1v) is 10.2. The molecule has 1 aromatic heterocycles. The maximum absolute atomic E-state index is 12.7. The molecule has 148 valence electrons. The zero-order chi connectivity index (χ0) is 19.8. The summed E-state index contributed by atoms with van der Waals surface area (Å²) < 4.78 is 7.43. The van der Waals surface area contributed by atoms with Crippen molar-refractivity contribution in [3.05, 3.63) is 69.8 Å². The van der Waals surface area contributed by atoms with Crippen LogP contribution in [0.3, 0.4) is 0 Å². The summed E-state index contributed by atoms with van der Waals surface area (Å²) in [5.41, 5.74) is 3.15. The molecule has 1 amide bonds. The smallest absolute Gasteiger partial charge is 0.261 e. The van der Waals surface area contributed by atoms with Crippen molar-refractivity contribution >= 4 is 16.8 Å². The third kappa shape index (κ3) is 3.39. The average Bonchev–Trinajstić information content (AvgIpc) is 3.22. The summed E-state index contributed by atoms with van der Waals surface area (Å²) in [5.74, 6) is 1.20. The van der Waals surface area contributed by atoms with Crippen molar-refractivity contribution in [2.75, 3.05) is 6.61 Å². The monoisotopic (exact) mass is 389 g/mol. The van der Waals surface area contributed by atoms with Gasteiger partial charge in [0.25, 0.3) is 11.5 Å². The number of nitrogens with one attached hydrogen (secondary N) is 1. The van der Waals surface area contributed by atoms with Gasteiger partial charge in [-0.2, -0.15) is 0 Å². The number of rotatable bonds is 4. The van der Waals surface area contributed by atoms with Gasteiger partial charge < -0.3 is 10.1 Å². The lowest BCUT2D eigenvalue weighted by atomic mass is 9.88. The molecule has 2 aliphatic rings. The average molecular weight is 389 g/mol. The fraction of sp³-hybridized carbons (Fsp3) is 0.348. The van der Waals surface area contributed by atoms with Gasteiger partial charge in [0.1, 0.15) is 11.6 Å². The van der Waals surface area contributed by atoms with Crippen LogP contribution in [0.25, 0.3) is 10.9 Å². The number of amides is 1. The van der Waals surface area contributed by atoms with Crippen LogP contribution < -0.4 is 15.6 Å². The molecule has 29 heavy (non-hydrogen) atoms. The summed E-state index contributed by atoms with van der Waals surface area (Å²) in [4.78, 5) is 29.7. The van der Waals surface area contributed by atoms with Crippen LogP contribution >= 0.6 is 0 Å². The standard InChI is InChI=1S/C23H23N3O3/c27-22(25-19-8-3-6-15-5-1-2-7-17(15)19)14-29-16-10-11-20-18(13-16)23(28)26-12-4-9-21(26)24-20/h1-2,5,7,10-11,13,19H,3-4,6,8-9,12,14H2,(H,25,27)/t19-/m1/s1. The lowest BCUT2D eigenvalue weighted by molar-refractivity contribution is -0.123. The Balaban J connectivity index is 1.29. The molecule has 6 heteroatoms. The molecule has 2 heterocycles. The Kier molecular flexibility index (Phi) is 4.54. The number of ether oxygens (including phenoxy) is 1. The van der Waals surface area contributed by atoms with Crippen LogP contribution in [0.5, 0.6) is 5.75 Å². The second kappa shape index (κ2) is 7.35.